The first kappa shape index (κ1) is 28.0. The summed E-state index contributed by atoms with van der Waals surface area (Å²) in [5.41, 5.74) is 7.08. The van der Waals surface area contributed by atoms with Gasteiger partial charge in [-0.05, 0) is 67.1 Å². The van der Waals surface area contributed by atoms with Crippen LogP contribution in [0.3, 0.4) is 0 Å². The van der Waals surface area contributed by atoms with E-state index in [1.165, 1.54) is 59.9 Å². The largest absolute Gasteiger partial charge is 0.100 e. The zero-order chi connectivity index (χ0) is 24.0. The lowest BCUT2D eigenvalue weighted by atomic mass is 9.66. The fourth-order valence-electron chi connectivity index (χ4n) is 4.83. The summed E-state index contributed by atoms with van der Waals surface area (Å²) >= 11 is 0. The molecule has 0 aliphatic heterocycles. The molecule has 0 bridgehead atoms. The van der Waals surface area contributed by atoms with Crippen LogP contribution in [0.5, 0.6) is 0 Å². The Morgan fingerprint density at radius 2 is 1.53 bits per heavy atom. The summed E-state index contributed by atoms with van der Waals surface area (Å²) in [4.78, 5) is 0. The van der Waals surface area contributed by atoms with Gasteiger partial charge >= 0.3 is 0 Å². The van der Waals surface area contributed by atoms with Gasteiger partial charge in [0.05, 0.1) is 0 Å². The molecule has 0 amide bonds. The van der Waals surface area contributed by atoms with Gasteiger partial charge in [-0.25, -0.2) is 0 Å². The number of allylic oxidation sites excluding steroid dienone is 2. The molecule has 0 N–H and O–H groups in total. The molecular formula is C32H48. The van der Waals surface area contributed by atoms with Crippen LogP contribution in [0.4, 0.5) is 0 Å². The molecule has 176 valence electrons. The lowest BCUT2D eigenvalue weighted by Crippen LogP contribution is -2.28. The van der Waals surface area contributed by atoms with E-state index in [0.29, 0.717) is 5.41 Å². The monoisotopic (exact) mass is 432 g/mol. The maximum absolute atomic E-state index is 4.23. The summed E-state index contributed by atoms with van der Waals surface area (Å²) in [6.07, 6.45) is 9.80. The molecule has 0 heterocycles. The highest BCUT2D eigenvalue weighted by atomic mass is 14.4. The van der Waals surface area contributed by atoms with Crippen LogP contribution in [0, 0.1) is 11.3 Å². The van der Waals surface area contributed by atoms with E-state index in [9.17, 15) is 0 Å². The van der Waals surface area contributed by atoms with E-state index in [4.69, 9.17) is 0 Å². The Morgan fingerprint density at radius 1 is 0.875 bits per heavy atom. The average molecular weight is 433 g/mol. The Balaban J connectivity index is 0.000000328. The summed E-state index contributed by atoms with van der Waals surface area (Å²) in [5.74, 6) is 0.803. The quantitative estimate of drug-likeness (QED) is 0.292. The van der Waals surface area contributed by atoms with E-state index in [1.54, 1.807) is 0 Å². The van der Waals surface area contributed by atoms with Gasteiger partial charge in [0.15, 0.2) is 0 Å². The SMILES string of the molecule is C=C(C)CC(C)(CC(=C)CC)C(CC)CCCC.CCc1cccc(-c2ccccc2)c1. The number of hydrogen-bond donors (Lipinski definition) is 0. The van der Waals surface area contributed by atoms with Gasteiger partial charge in [-0.1, -0.05) is 126 Å². The predicted octanol–water partition coefficient (Wildman–Crippen LogP) is 10.4. The normalized spacial score (nSPS) is 13.4. The Kier molecular flexibility index (Phi) is 13.0. The Hall–Kier alpha value is -2.08. The van der Waals surface area contributed by atoms with E-state index in [2.05, 4.69) is 103 Å². The van der Waals surface area contributed by atoms with Crippen LogP contribution < -0.4 is 0 Å². The molecule has 0 saturated carbocycles. The van der Waals surface area contributed by atoms with E-state index in [0.717, 1.165) is 25.2 Å². The van der Waals surface area contributed by atoms with Gasteiger partial charge in [0.1, 0.15) is 0 Å². The van der Waals surface area contributed by atoms with Crippen LogP contribution >= 0.6 is 0 Å². The maximum atomic E-state index is 4.23. The minimum Gasteiger partial charge on any atom is -0.100 e. The first-order chi connectivity index (χ1) is 15.3. The molecular weight excluding hydrogens is 384 g/mol. The lowest BCUT2D eigenvalue weighted by Gasteiger charge is -2.39. The van der Waals surface area contributed by atoms with Gasteiger partial charge in [-0.3, -0.25) is 0 Å². The fraction of sp³-hybridized carbons (Fsp3) is 0.500. The molecule has 0 aliphatic carbocycles. The molecule has 0 spiro atoms. The second-order valence-corrected chi connectivity index (χ2v) is 9.74. The third kappa shape index (κ3) is 9.60. The maximum Gasteiger partial charge on any atom is -0.0181 e. The molecule has 32 heavy (non-hydrogen) atoms. The molecule has 0 fully saturated rings. The van der Waals surface area contributed by atoms with Gasteiger partial charge in [0, 0.05) is 0 Å². The average Bonchev–Trinajstić information content (AvgIpc) is 2.79. The van der Waals surface area contributed by atoms with Gasteiger partial charge < -0.3 is 0 Å². The molecule has 2 unspecified atom stereocenters. The summed E-state index contributed by atoms with van der Waals surface area (Å²) < 4.78 is 0. The second-order valence-electron chi connectivity index (χ2n) is 9.74. The number of aryl methyl sites for hydroxylation is 1. The van der Waals surface area contributed by atoms with Crippen molar-refractivity contribution in [1.29, 1.82) is 0 Å². The fourth-order valence-corrected chi connectivity index (χ4v) is 4.83. The molecule has 0 heteroatoms. The first-order valence-electron chi connectivity index (χ1n) is 12.7. The second kappa shape index (κ2) is 14.9. The standard InChI is InChI=1S/C18H34.C14H14/c1-8-11-12-17(10-3)18(7,13-15(4)5)14-16(6)9-2;1-2-12-7-6-10-14(11-12)13-8-4-3-5-9-13/h17H,4,6,8-14H2,1-3,5,7H3;3-11H,2H2,1H3. The van der Waals surface area contributed by atoms with Crippen molar-refractivity contribution in [3.05, 3.63) is 84.5 Å². The van der Waals surface area contributed by atoms with Gasteiger partial charge in [-0.2, -0.15) is 0 Å². The van der Waals surface area contributed by atoms with Gasteiger partial charge in [0.25, 0.3) is 0 Å². The highest BCUT2D eigenvalue weighted by Crippen LogP contribution is 2.44. The highest BCUT2D eigenvalue weighted by Gasteiger charge is 2.32. The smallest absolute Gasteiger partial charge is 0.0181 e. The van der Waals surface area contributed by atoms with Crippen LogP contribution in [0.2, 0.25) is 0 Å². The number of hydrogen-bond acceptors (Lipinski definition) is 0. The summed E-state index contributed by atoms with van der Waals surface area (Å²) in [5, 5.41) is 0. The molecule has 0 aromatic heterocycles. The van der Waals surface area contributed by atoms with Gasteiger partial charge in [0.2, 0.25) is 0 Å². The van der Waals surface area contributed by atoms with E-state index in [-0.39, 0.29) is 0 Å². The molecule has 0 radical (unpaired) electrons. The summed E-state index contributed by atoms with van der Waals surface area (Å²) in [6, 6.07) is 19.2. The highest BCUT2D eigenvalue weighted by molar-refractivity contribution is 5.63. The molecule has 2 atom stereocenters. The molecule has 0 nitrogen and oxygen atoms in total. The molecule has 2 aromatic carbocycles. The Bertz CT molecular complexity index is 798. The number of benzene rings is 2. The van der Waals surface area contributed by atoms with Crippen LogP contribution in [0.1, 0.15) is 92.1 Å². The number of unbranched alkanes of at least 4 members (excludes halogenated alkanes) is 1. The predicted molar refractivity (Wildman–Crippen MR) is 146 cm³/mol. The number of rotatable bonds is 12. The minimum absolute atomic E-state index is 0.364. The van der Waals surface area contributed by atoms with Crippen molar-refractivity contribution in [1.82, 2.24) is 0 Å². The summed E-state index contributed by atoms with van der Waals surface area (Å²) in [6.45, 7) is 22.0. The minimum atomic E-state index is 0.364. The molecule has 0 aliphatic rings. The first-order valence-corrected chi connectivity index (χ1v) is 12.7. The van der Waals surface area contributed by atoms with Crippen molar-refractivity contribution in [2.75, 3.05) is 0 Å². The van der Waals surface area contributed by atoms with Crippen molar-refractivity contribution in [2.24, 2.45) is 11.3 Å². The van der Waals surface area contributed by atoms with E-state index >= 15 is 0 Å². The van der Waals surface area contributed by atoms with Crippen molar-refractivity contribution in [2.45, 2.75) is 92.9 Å². The lowest BCUT2D eigenvalue weighted by molar-refractivity contribution is 0.160. The molecule has 2 rings (SSSR count). The van der Waals surface area contributed by atoms with Crippen LogP contribution in [0.25, 0.3) is 11.1 Å². The van der Waals surface area contributed by atoms with Crippen LogP contribution in [-0.2, 0) is 6.42 Å². The van der Waals surface area contributed by atoms with Crippen molar-refractivity contribution in [3.8, 4) is 11.1 Å². The van der Waals surface area contributed by atoms with Gasteiger partial charge in [-0.15, -0.1) is 6.58 Å². The topological polar surface area (TPSA) is 0 Å². The third-order valence-corrected chi connectivity index (χ3v) is 6.69. The third-order valence-electron chi connectivity index (χ3n) is 6.69. The van der Waals surface area contributed by atoms with E-state index < -0.39 is 0 Å². The van der Waals surface area contributed by atoms with Crippen LogP contribution in [-0.4, -0.2) is 0 Å². The molecule has 2 aromatic rings. The van der Waals surface area contributed by atoms with Crippen molar-refractivity contribution in [3.63, 3.8) is 0 Å². The zero-order valence-electron chi connectivity index (χ0n) is 21.8. The van der Waals surface area contributed by atoms with Crippen LogP contribution in [0.15, 0.2) is 78.9 Å². The Morgan fingerprint density at radius 3 is 2.06 bits per heavy atom. The zero-order valence-corrected chi connectivity index (χ0v) is 21.8. The summed E-state index contributed by atoms with van der Waals surface area (Å²) in [7, 11) is 0. The molecule has 0 saturated heterocycles. The Labute approximate surface area is 199 Å². The van der Waals surface area contributed by atoms with E-state index in [1.807, 2.05) is 6.07 Å². The van der Waals surface area contributed by atoms with Crippen molar-refractivity contribution >= 4 is 0 Å². The van der Waals surface area contributed by atoms with Crippen molar-refractivity contribution < 1.29 is 0 Å².